The third-order valence-corrected chi connectivity index (χ3v) is 5.36. The van der Waals surface area contributed by atoms with Crippen LogP contribution in [0.3, 0.4) is 0 Å². The van der Waals surface area contributed by atoms with E-state index in [9.17, 15) is 14.0 Å². The number of urea groups is 1. The summed E-state index contributed by atoms with van der Waals surface area (Å²) in [5, 5.41) is 1.65. The van der Waals surface area contributed by atoms with Crippen LogP contribution in [0.5, 0.6) is 0 Å². The fraction of sp³-hybridized carbons (Fsp3) is 0.353. The molecule has 0 aliphatic carbocycles. The molecule has 1 saturated heterocycles. The fourth-order valence-corrected chi connectivity index (χ4v) is 2.86. The zero-order chi connectivity index (χ0) is 21.1. The molecule has 1 aliphatic rings. The topological polar surface area (TPSA) is 65.0 Å². The number of amides is 3. The lowest BCUT2D eigenvalue weighted by Gasteiger charge is -2.26. The van der Waals surface area contributed by atoms with Crippen LogP contribution in [0.2, 0.25) is 0 Å². The van der Waals surface area contributed by atoms with Gasteiger partial charge in [0.2, 0.25) is 9.63 Å². The lowest BCUT2D eigenvalue weighted by Crippen LogP contribution is -2.45. The molecule has 0 aromatic heterocycles. The fourth-order valence-electron chi connectivity index (χ4n) is 2.35. The minimum atomic E-state index is -1.94. The maximum Gasteiger partial charge on any atom is 0.337 e. The van der Waals surface area contributed by atoms with Crippen LogP contribution < -0.4 is 10.2 Å². The Kier molecular flexibility index (Phi) is 7.54. The Morgan fingerprint density at radius 3 is 2.54 bits per heavy atom. The first-order valence-corrected chi connectivity index (χ1v) is 9.48. The zero-order valence-electron chi connectivity index (χ0n) is 14.5. The highest BCUT2D eigenvalue weighted by Crippen LogP contribution is 2.36. The molecule has 1 aromatic carbocycles. The summed E-state index contributed by atoms with van der Waals surface area (Å²) in [6.07, 6.45) is 4.43. The van der Waals surface area contributed by atoms with Crippen molar-refractivity contribution in [1.82, 2.24) is 10.2 Å². The first kappa shape index (κ1) is 22.7. The van der Waals surface area contributed by atoms with E-state index in [0.29, 0.717) is 6.42 Å². The molecule has 0 saturated carbocycles. The number of halogens is 5. The van der Waals surface area contributed by atoms with Crippen LogP contribution in [0.15, 0.2) is 29.3 Å². The summed E-state index contributed by atoms with van der Waals surface area (Å²) in [4.78, 5) is 30.9. The van der Waals surface area contributed by atoms with Gasteiger partial charge in [-0.25, -0.2) is 19.1 Å². The van der Waals surface area contributed by atoms with Crippen molar-refractivity contribution in [2.45, 2.75) is 21.8 Å². The van der Waals surface area contributed by atoms with Crippen molar-refractivity contribution < 1.29 is 14.0 Å². The number of terminal acetylenes is 1. The maximum atomic E-state index is 14.3. The van der Waals surface area contributed by atoms with Crippen molar-refractivity contribution in [1.29, 1.82) is 0 Å². The number of carbonyl (C=O) groups excluding carboxylic acids is 2. The Morgan fingerprint density at radius 1 is 1.32 bits per heavy atom. The Hall–Kier alpha value is -1.56. The number of hydrogen-bond donors (Lipinski definition) is 1. The van der Waals surface area contributed by atoms with Gasteiger partial charge >= 0.3 is 6.03 Å². The number of hydrogen-bond acceptors (Lipinski definition) is 4. The number of nitrogens with zero attached hydrogens (tertiary/aromatic N) is 3. The van der Waals surface area contributed by atoms with Crippen LogP contribution in [0.25, 0.3) is 0 Å². The third-order valence-electron chi connectivity index (χ3n) is 3.75. The van der Waals surface area contributed by atoms with Crippen molar-refractivity contribution in [2.75, 3.05) is 18.5 Å². The zero-order valence-corrected chi connectivity index (χ0v) is 17.5. The summed E-state index contributed by atoms with van der Waals surface area (Å²) < 4.78 is 12.3. The van der Waals surface area contributed by atoms with Crippen LogP contribution in [-0.4, -0.2) is 51.6 Å². The molecule has 6 nitrogen and oxygen atoms in total. The van der Waals surface area contributed by atoms with E-state index in [1.54, 1.807) is 0 Å². The molecule has 1 heterocycles. The van der Waals surface area contributed by atoms with Gasteiger partial charge in [0, 0.05) is 20.0 Å². The van der Waals surface area contributed by atoms with Gasteiger partial charge in [-0.3, -0.25) is 15.0 Å². The molecule has 2 rings (SSSR count). The van der Waals surface area contributed by atoms with E-state index in [0.717, 1.165) is 15.9 Å². The summed E-state index contributed by atoms with van der Waals surface area (Å²) >= 11 is 23.8. The molecular formula is C17H15Cl4FN4O2. The summed E-state index contributed by atoms with van der Waals surface area (Å²) in [6.45, 7) is 0.250. The number of benzene rings is 1. The summed E-state index contributed by atoms with van der Waals surface area (Å²) in [7, 11) is 1.24. The quantitative estimate of drug-likeness (QED) is 0.301. The largest absolute Gasteiger partial charge is 0.337 e. The molecule has 28 heavy (non-hydrogen) atoms. The van der Waals surface area contributed by atoms with Crippen molar-refractivity contribution in [3.63, 3.8) is 0 Å². The van der Waals surface area contributed by atoms with Crippen LogP contribution >= 0.6 is 46.4 Å². The number of imide groups is 1. The van der Waals surface area contributed by atoms with Gasteiger partial charge in [-0.15, -0.1) is 23.9 Å². The number of carbonyl (C=O) groups is 2. The molecule has 1 fully saturated rings. The maximum absolute atomic E-state index is 14.3. The van der Waals surface area contributed by atoms with Crippen LogP contribution in [0.1, 0.15) is 6.42 Å². The first-order valence-electron chi connectivity index (χ1n) is 7.91. The summed E-state index contributed by atoms with van der Waals surface area (Å²) in [5.74, 6) is 0.577. The number of anilines is 1. The SMILES string of the molecule is C#CCCNC(/N=C1\C(=O)N(C)C(=O)N1c1ccccc1F)C(Cl)C(Cl)(Cl)Cl. The van der Waals surface area contributed by atoms with Gasteiger partial charge in [0.25, 0.3) is 5.91 Å². The summed E-state index contributed by atoms with van der Waals surface area (Å²) in [5.41, 5.74) is -0.147. The number of nitrogens with one attached hydrogen (secondary N) is 1. The lowest BCUT2D eigenvalue weighted by molar-refractivity contribution is -0.119. The average molecular weight is 468 g/mol. The second-order valence-electron chi connectivity index (χ2n) is 5.68. The molecule has 11 heteroatoms. The normalized spacial score (nSPS) is 18.5. The number of amidine groups is 1. The van der Waals surface area contributed by atoms with Crippen molar-refractivity contribution in [2.24, 2.45) is 4.99 Å². The third kappa shape index (κ3) is 4.88. The van der Waals surface area contributed by atoms with Crippen molar-refractivity contribution in [3.8, 4) is 12.3 Å². The number of aliphatic imine (C=N–C) groups is 1. The predicted molar refractivity (Wildman–Crippen MR) is 110 cm³/mol. The van der Waals surface area contributed by atoms with Gasteiger partial charge in [0.1, 0.15) is 17.4 Å². The second kappa shape index (κ2) is 9.29. The minimum absolute atomic E-state index is 0.147. The summed E-state index contributed by atoms with van der Waals surface area (Å²) in [6, 6.07) is 4.67. The van der Waals surface area contributed by atoms with Gasteiger partial charge in [0.05, 0.1) is 5.69 Å². The van der Waals surface area contributed by atoms with E-state index >= 15 is 0 Å². The molecule has 0 spiro atoms. The number of likely N-dealkylation sites (N-methyl/N-ethyl adjacent to an activating group) is 1. The van der Waals surface area contributed by atoms with Crippen molar-refractivity contribution >= 4 is 69.9 Å². The molecule has 3 amide bonds. The molecular weight excluding hydrogens is 453 g/mol. The van der Waals surface area contributed by atoms with Gasteiger partial charge < -0.3 is 0 Å². The second-order valence-corrected chi connectivity index (χ2v) is 8.52. The number of rotatable bonds is 6. The van der Waals surface area contributed by atoms with Gasteiger partial charge in [-0.1, -0.05) is 46.9 Å². The average Bonchev–Trinajstić information content (AvgIpc) is 2.84. The van der Waals surface area contributed by atoms with Gasteiger partial charge in [-0.2, -0.15) is 0 Å². The first-order chi connectivity index (χ1) is 13.1. The molecule has 2 atom stereocenters. The Morgan fingerprint density at radius 2 is 1.96 bits per heavy atom. The van der Waals surface area contributed by atoms with E-state index in [4.69, 9.17) is 52.8 Å². The molecule has 1 N–H and O–H groups in total. The predicted octanol–water partition coefficient (Wildman–Crippen LogP) is 3.54. The lowest BCUT2D eigenvalue weighted by atomic mass is 10.2. The standard InChI is InChI=1S/C17H15Cl4FN4O2/c1-3-4-9-23-13(12(18)17(19,20)21)24-14-15(27)25(2)16(28)26(14)11-8-6-5-7-10(11)22/h1,5-8,12-13,23H,4,9H2,2H3/b24-14+. The van der Waals surface area contributed by atoms with E-state index in [1.165, 1.54) is 25.2 Å². The van der Waals surface area contributed by atoms with Crippen LogP contribution in [0, 0.1) is 18.2 Å². The Labute approximate surface area is 181 Å². The van der Waals surface area contributed by atoms with Gasteiger partial charge in [-0.05, 0) is 12.1 Å². The highest BCUT2D eigenvalue weighted by molar-refractivity contribution is 6.70. The van der Waals surface area contributed by atoms with E-state index < -0.39 is 33.1 Å². The van der Waals surface area contributed by atoms with Crippen LogP contribution in [0.4, 0.5) is 14.9 Å². The number of para-hydroxylation sites is 1. The molecule has 1 aliphatic heterocycles. The Bertz CT molecular complexity index is 837. The molecule has 150 valence electrons. The molecule has 0 radical (unpaired) electrons. The van der Waals surface area contributed by atoms with E-state index in [1.807, 2.05) is 0 Å². The Balaban J connectivity index is 2.51. The van der Waals surface area contributed by atoms with Crippen molar-refractivity contribution in [3.05, 3.63) is 30.1 Å². The van der Waals surface area contributed by atoms with Crippen LogP contribution in [-0.2, 0) is 4.79 Å². The monoisotopic (exact) mass is 466 g/mol. The number of alkyl halides is 4. The minimum Gasteiger partial charge on any atom is -0.293 e. The van der Waals surface area contributed by atoms with Gasteiger partial charge in [0.15, 0.2) is 0 Å². The highest BCUT2D eigenvalue weighted by Gasteiger charge is 2.44. The molecule has 2 unspecified atom stereocenters. The van der Waals surface area contributed by atoms with E-state index in [-0.39, 0.29) is 18.1 Å². The molecule has 0 bridgehead atoms. The highest BCUT2D eigenvalue weighted by atomic mass is 35.6. The van der Waals surface area contributed by atoms with E-state index in [2.05, 4.69) is 16.2 Å². The smallest absolute Gasteiger partial charge is 0.293 e. The molecule has 1 aromatic rings.